The van der Waals surface area contributed by atoms with E-state index >= 15 is 0 Å². The van der Waals surface area contributed by atoms with Crippen LogP contribution in [0, 0.1) is 5.92 Å². The predicted molar refractivity (Wildman–Crippen MR) is 67.5 cm³/mol. The zero-order valence-electron chi connectivity index (χ0n) is 10.5. The summed E-state index contributed by atoms with van der Waals surface area (Å²) < 4.78 is 22.6. The summed E-state index contributed by atoms with van der Waals surface area (Å²) in [5, 5.41) is 11.6. The Morgan fingerprint density at radius 2 is 1.79 bits per heavy atom. The van der Waals surface area contributed by atoms with Crippen molar-refractivity contribution in [2.45, 2.75) is 25.3 Å². The third kappa shape index (κ3) is 3.59. The summed E-state index contributed by atoms with van der Waals surface area (Å²) in [4.78, 5) is 24.3. The van der Waals surface area contributed by atoms with Crippen LogP contribution in [0.25, 0.3) is 0 Å². The topological polar surface area (TPSA) is 104 Å². The molecule has 19 heavy (non-hydrogen) atoms. The van der Waals surface area contributed by atoms with Gasteiger partial charge >= 0.3 is 12.0 Å². The first-order chi connectivity index (χ1) is 8.87. The molecule has 108 valence electrons. The van der Waals surface area contributed by atoms with Crippen LogP contribution < -0.4 is 5.32 Å². The third-order valence-electron chi connectivity index (χ3n) is 3.69. The molecule has 8 heteroatoms. The number of rotatable bonds is 2. The molecule has 1 atom stereocenters. The monoisotopic (exact) mass is 290 g/mol. The first-order valence-electron chi connectivity index (χ1n) is 6.36. The molecule has 2 amide bonds. The van der Waals surface area contributed by atoms with Crippen LogP contribution in [0.4, 0.5) is 4.79 Å². The zero-order chi connectivity index (χ0) is 14.0. The van der Waals surface area contributed by atoms with Crippen molar-refractivity contribution in [1.29, 1.82) is 0 Å². The van der Waals surface area contributed by atoms with Gasteiger partial charge in [0.2, 0.25) is 0 Å². The van der Waals surface area contributed by atoms with Gasteiger partial charge < -0.3 is 15.3 Å². The van der Waals surface area contributed by atoms with Crippen LogP contribution in [0.3, 0.4) is 0 Å². The van der Waals surface area contributed by atoms with E-state index in [2.05, 4.69) is 5.32 Å². The van der Waals surface area contributed by atoms with Gasteiger partial charge in [0.25, 0.3) is 0 Å². The van der Waals surface area contributed by atoms with Crippen molar-refractivity contribution >= 4 is 21.8 Å². The number of piperidine rings is 1. The summed E-state index contributed by atoms with van der Waals surface area (Å²) in [5.74, 6) is -1.07. The highest BCUT2D eigenvalue weighted by atomic mass is 32.2. The van der Waals surface area contributed by atoms with Crippen LogP contribution in [-0.2, 0) is 14.6 Å². The number of hydrogen-bond acceptors (Lipinski definition) is 4. The van der Waals surface area contributed by atoms with Crippen LogP contribution in [0.5, 0.6) is 0 Å². The number of carboxylic acids is 1. The van der Waals surface area contributed by atoms with Crippen LogP contribution in [0.2, 0.25) is 0 Å². The summed E-state index contributed by atoms with van der Waals surface area (Å²) in [6.45, 7) is 0.810. The Balaban J connectivity index is 1.81. The number of nitrogens with zero attached hydrogens (tertiary/aromatic N) is 1. The number of carbonyl (C=O) groups is 2. The van der Waals surface area contributed by atoms with Crippen molar-refractivity contribution in [2.75, 3.05) is 24.6 Å². The molecule has 0 bridgehead atoms. The van der Waals surface area contributed by atoms with Crippen molar-refractivity contribution < 1.29 is 23.1 Å². The van der Waals surface area contributed by atoms with E-state index in [1.807, 2.05) is 0 Å². The maximum atomic E-state index is 11.9. The standard InChI is InChI=1S/C11H18N2O5S/c14-10(15)8-1-4-13(5-2-8)11(16)12-9-3-6-19(17,18)7-9/h8-9H,1-7H2,(H,12,16)(H,14,15). The van der Waals surface area contributed by atoms with Crippen molar-refractivity contribution in [3.05, 3.63) is 0 Å². The molecule has 2 fully saturated rings. The number of aliphatic carboxylic acids is 1. The largest absolute Gasteiger partial charge is 0.481 e. The summed E-state index contributed by atoms with van der Waals surface area (Å²) >= 11 is 0. The van der Waals surface area contributed by atoms with E-state index in [0.29, 0.717) is 32.4 Å². The number of nitrogens with one attached hydrogen (secondary N) is 1. The van der Waals surface area contributed by atoms with E-state index in [1.165, 1.54) is 0 Å². The molecule has 0 aromatic heterocycles. The highest BCUT2D eigenvalue weighted by Crippen LogP contribution is 2.18. The van der Waals surface area contributed by atoms with Crippen molar-refractivity contribution in [1.82, 2.24) is 10.2 Å². The molecule has 2 saturated heterocycles. The fourth-order valence-corrected chi connectivity index (χ4v) is 4.18. The number of urea groups is 1. The Morgan fingerprint density at radius 1 is 1.16 bits per heavy atom. The van der Waals surface area contributed by atoms with Gasteiger partial charge in [-0.25, -0.2) is 13.2 Å². The minimum atomic E-state index is -3.00. The maximum absolute atomic E-state index is 11.9. The number of amides is 2. The lowest BCUT2D eigenvalue weighted by atomic mass is 9.97. The molecule has 0 radical (unpaired) electrons. The Labute approximate surface area is 111 Å². The average molecular weight is 290 g/mol. The van der Waals surface area contributed by atoms with E-state index in [9.17, 15) is 18.0 Å². The third-order valence-corrected chi connectivity index (χ3v) is 5.46. The van der Waals surface area contributed by atoms with Crippen molar-refractivity contribution in [3.8, 4) is 0 Å². The van der Waals surface area contributed by atoms with Crippen molar-refractivity contribution in [2.24, 2.45) is 5.92 Å². The van der Waals surface area contributed by atoms with E-state index < -0.39 is 15.8 Å². The summed E-state index contributed by atoms with van der Waals surface area (Å²) in [6.07, 6.45) is 1.36. The Bertz CT molecular complexity index is 467. The highest BCUT2D eigenvalue weighted by Gasteiger charge is 2.32. The van der Waals surface area contributed by atoms with E-state index in [0.717, 1.165) is 0 Å². The molecule has 0 aromatic carbocycles. The smallest absolute Gasteiger partial charge is 0.317 e. The number of hydrogen-bond donors (Lipinski definition) is 2. The molecule has 2 rings (SSSR count). The molecule has 0 saturated carbocycles. The molecule has 0 spiro atoms. The van der Waals surface area contributed by atoms with E-state index in [-0.39, 0.29) is 29.5 Å². The van der Waals surface area contributed by atoms with Gasteiger partial charge in [0, 0.05) is 19.1 Å². The highest BCUT2D eigenvalue weighted by molar-refractivity contribution is 7.91. The lowest BCUT2D eigenvalue weighted by Gasteiger charge is -2.31. The minimum Gasteiger partial charge on any atom is -0.481 e. The number of sulfone groups is 1. The first kappa shape index (κ1) is 14.1. The Hall–Kier alpha value is -1.31. The lowest BCUT2D eigenvalue weighted by molar-refractivity contribution is -0.143. The van der Waals surface area contributed by atoms with Crippen LogP contribution in [-0.4, -0.2) is 61.1 Å². The summed E-state index contributed by atoms with van der Waals surface area (Å²) in [7, 11) is -3.00. The Morgan fingerprint density at radius 3 is 2.26 bits per heavy atom. The second-order valence-electron chi connectivity index (χ2n) is 5.15. The zero-order valence-corrected chi connectivity index (χ0v) is 11.4. The Kier molecular flexibility index (Phi) is 3.98. The normalized spacial score (nSPS) is 27.2. The van der Waals surface area contributed by atoms with Crippen molar-refractivity contribution in [3.63, 3.8) is 0 Å². The van der Waals surface area contributed by atoms with E-state index in [1.54, 1.807) is 4.90 Å². The van der Waals surface area contributed by atoms with Gasteiger partial charge in [-0.1, -0.05) is 0 Å². The molecule has 7 nitrogen and oxygen atoms in total. The van der Waals surface area contributed by atoms with Gasteiger partial charge in [-0.15, -0.1) is 0 Å². The lowest BCUT2D eigenvalue weighted by Crippen LogP contribution is -2.48. The first-order valence-corrected chi connectivity index (χ1v) is 8.18. The second kappa shape index (κ2) is 5.36. The number of likely N-dealkylation sites (tertiary alicyclic amines) is 1. The molecule has 2 N–H and O–H groups in total. The number of carboxylic acid groups (broad SMARTS) is 1. The molecule has 2 aliphatic rings. The SMILES string of the molecule is O=C(O)C1CCN(C(=O)NC2CCS(=O)(=O)C2)CC1. The summed E-state index contributed by atoms with van der Waals surface area (Å²) in [5.41, 5.74) is 0. The maximum Gasteiger partial charge on any atom is 0.317 e. The molecule has 2 aliphatic heterocycles. The molecule has 0 aliphatic carbocycles. The van der Waals surface area contributed by atoms with Crippen LogP contribution >= 0.6 is 0 Å². The van der Waals surface area contributed by atoms with Gasteiger partial charge in [0.15, 0.2) is 9.84 Å². The minimum absolute atomic E-state index is 0.00430. The molecule has 1 unspecified atom stereocenters. The van der Waals surface area contributed by atoms with Gasteiger partial charge in [-0.3, -0.25) is 4.79 Å². The fraction of sp³-hybridized carbons (Fsp3) is 0.818. The van der Waals surface area contributed by atoms with Gasteiger partial charge in [-0.2, -0.15) is 0 Å². The quantitative estimate of drug-likeness (QED) is 0.725. The fourth-order valence-electron chi connectivity index (χ4n) is 2.50. The van der Waals surface area contributed by atoms with E-state index in [4.69, 9.17) is 5.11 Å². The van der Waals surface area contributed by atoms with Gasteiger partial charge in [0.05, 0.1) is 17.4 Å². The number of carbonyl (C=O) groups excluding carboxylic acids is 1. The molecule has 2 heterocycles. The average Bonchev–Trinajstić information content (AvgIpc) is 2.68. The molecular weight excluding hydrogens is 272 g/mol. The summed E-state index contributed by atoms with van der Waals surface area (Å²) in [6, 6.07) is -0.597. The second-order valence-corrected chi connectivity index (χ2v) is 7.38. The molecular formula is C11H18N2O5S. The van der Waals surface area contributed by atoms with Crippen LogP contribution in [0.15, 0.2) is 0 Å². The van der Waals surface area contributed by atoms with Gasteiger partial charge in [0.1, 0.15) is 0 Å². The van der Waals surface area contributed by atoms with Crippen LogP contribution in [0.1, 0.15) is 19.3 Å². The molecule has 0 aromatic rings. The predicted octanol–water partition coefficient (Wildman–Crippen LogP) is -0.320. The van der Waals surface area contributed by atoms with Gasteiger partial charge in [-0.05, 0) is 19.3 Å².